The van der Waals surface area contributed by atoms with Crippen molar-refractivity contribution in [3.8, 4) is 0 Å². The van der Waals surface area contributed by atoms with Crippen LogP contribution in [-0.2, 0) is 0 Å². The van der Waals surface area contributed by atoms with Crippen LogP contribution < -0.4 is 11.1 Å². The molecule has 0 aromatic heterocycles. The number of hydrogen-bond donors (Lipinski definition) is 2. The van der Waals surface area contributed by atoms with Gasteiger partial charge in [-0.05, 0) is 18.5 Å². The van der Waals surface area contributed by atoms with E-state index in [0.717, 1.165) is 19.4 Å². The van der Waals surface area contributed by atoms with Gasteiger partial charge in [-0.3, -0.25) is 0 Å². The predicted molar refractivity (Wildman–Crippen MR) is 54.8 cm³/mol. The first-order valence-electron chi connectivity index (χ1n) is 4.48. The van der Waals surface area contributed by atoms with Gasteiger partial charge in [-0.1, -0.05) is 26.0 Å². The maximum absolute atomic E-state index is 5.84. The highest BCUT2D eigenvalue weighted by atomic mass is 14.8. The first-order chi connectivity index (χ1) is 5.76. The lowest BCUT2D eigenvalue weighted by atomic mass is 9.94. The van der Waals surface area contributed by atoms with Gasteiger partial charge in [0, 0.05) is 12.6 Å². The summed E-state index contributed by atoms with van der Waals surface area (Å²) in [6.07, 6.45) is 5.72. The summed E-state index contributed by atoms with van der Waals surface area (Å²) in [7, 11) is 0. The molecule has 2 nitrogen and oxygen atoms in total. The van der Waals surface area contributed by atoms with Crippen molar-refractivity contribution in [1.82, 2.24) is 5.32 Å². The molecule has 0 aliphatic carbocycles. The van der Waals surface area contributed by atoms with Crippen molar-refractivity contribution < 1.29 is 0 Å². The van der Waals surface area contributed by atoms with Crippen molar-refractivity contribution in [2.75, 3.05) is 6.54 Å². The maximum Gasteiger partial charge on any atom is 0.0250 e. The molecule has 0 rings (SSSR count). The average molecular weight is 168 g/mol. The van der Waals surface area contributed by atoms with Gasteiger partial charge in [0.15, 0.2) is 0 Å². The molecule has 0 fully saturated rings. The van der Waals surface area contributed by atoms with Gasteiger partial charge in [0.05, 0.1) is 0 Å². The summed E-state index contributed by atoms with van der Waals surface area (Å²) < 4.78 is 0. The third-order valence-corrected chi connectivity index (χ3v) is 2.14. The van der Waals surface area contributed by atoms with E-state index in [0.29, 0.717) is 5.92 Å². The Kier molecular flexibility index (Phi) is 6.48. The summed E-state index contributed by atoms with van der Waals surface area (Å²) in [4.78, 5) is 0. The van der Waals surface area contributed by atoms with Crippen LogP contribution in [0.3, 0.4) is 0 Å². The number of nitrogens with one attached hydrogen (secondary N) is 1. The Hall–Kier alpha value is -0.760. The van der Waals surface area contributed by atoms with Gasteiger partial charge < -0.3 is 11.1 Å². The van der Waals surface area contributed by atoms with Crippen molar-refractivity contribution in [2.45, 2.75) is 25.8 Å². The molecule has 0 aliphatic rings. The largest absolute Gasteiger partial charge is 0.391 e. The van der Waals surface area contributed by atoms with Crippen LogP contribution in [0.1, 0.15) is 19.8 Å². The van der Waals surface area contributed by atoms with Crippen LogP contribution in [0.2, 0.25) is 0 Å². The van der Waals surface area contributed by atoms with Gasteiger partial charge in [-0.15, -0.1) is 6.58 Å². The fourth-order valence-electron chi connectivity index (χ4n) is 1.23. The highest BCUT2D eigenvalue weighted by molar-refractivity contribution is 4.88. The fourth-order valence-corrected chi connectivity index (χ4v) is 1.23. The standard InChI is InChI=1S/C10H20N2/c1-4-9(10(11)5-2)7-8-12-6-3/h5-6,9-10,12H,2-4,7-8,11H2,1H3. The minimum absolute atomic E-state index is 0.126. The van der Waals surface area contributed by atoms with Gasteiger partial charge in [-0.2, -0.15) is 0 Å². The number of nitrogens with two attached hydrogens (primary N) is 1. The van der Waals surface area contributed by atoms with Crippen molar-refractivity contribution in [3.63, 3.8) is 0 Å². The number of rotatable bonds is 7. The van der Waals surface area contributed by atoms with E-state index in [2.05, 4.69) is 25.4 Å². The van der Waals surface area contributed by atoms with E-state index in [4.69, 9.17) is 5.73 Å². The Morgan fingerprint density at radius 2 is 2.17 bits per heavy atom. The highest BCUT2D eigenvalue weighted by Crippen LogP contribution is 2.11. The molecular weight excluding hydrogens is 148 g/mol. The van der Waals surface area contributed by atoms with Gasteiger partial charge in [0.1, 0.15) is 0 Å². The van der Waals surface area contributed by atoms with E-state index >= 15 is 0 Å². The van der Waals surface area contributed by atoms with E-state index in [9.17, 15) is 0 Å². The molecule has 0 saturated heterocycles. The van der Waals surface area contributed by atoms with Crippen molar-refractivity contribution in [2.24, 2.45) is 11.7 Å². The van der Waals surface area contributed by atoms with Crippen LogP contribution in [0.4, 0.5) is 0 Å². The second-order valence-corrected chi connectivity index (χ2v) is 2.93. The SMILES string of the molecule is C=CNCCC(CC)C(N)C=C. The molecule has 0 saturated carbocycles. The van der Waals surface area contributed by atoms with E-state index in [-0.39, 0.29) is 6.04 Å². The maximum atomic E-state index is 5.84. The summed E-state index contributed by atoms with van der Waals surface area (Å²) in [6.45, 7) is 10.4. The zero-order valence-electron chi connectivity index (χ0n) is 7.92. The summed E-state index contributed by atoms with van der Waals surface area (Å²) in [6, 6.07) is 0.126. The first kappa shape index (κ1) is 11.2. The Morgan fingerprint density at radius 3 is 2.58 bits per heavy atom. The lowest BCUT2D eigenvalue weighted by Crippen LogP contribution is -2.29. The summed E-state index contributed by atoms with van der Waals surface area (Å²) in [5.41, 5.74) is 5.84. The second-order valence-electron chi connectivity index (χ2n) is 2.93. The molecule has 3 N–H and O–H groups in total. The first-order valence-corrected chi connectivity index (χ1v) is 4.48. The predicted octanol–water partition coefficient (Wildman–Crippen LogP) is 1.65. The molecule has 0 aliphatic heterocycles. The molecule has 2 atom stereocenters. The Balaban J connectivity index is 3.66. The zero-order valence-corrected chi connectivity index (χ0v) is 7.92. The molecule has 0 aromatic carbocycles. The molecule has 0 spiro atoms. The van der Waals surface area contributed by atoms with Crippen molar-refractivity contribution in [3.05, 3.63) is 25.4 Å². The molecule has 12 heavy (non-hydrogen) atoms. The van der Waals surface area contributed by atoms with Crippen molar-refractivity contribution >= 4 is 0 Å². The minimum atomic E-state index is 0.126. The monoisotopic (exact) mass is 168 g/mol. The van der Waals surface area contributed by atoms with Crippen LogP contribution in [0, 0.1) is 5.92 Å². The second kappa shape index (κ2) is 6.92. The van der Waals surface area contributed by atoms with Crippen molar-refractivity contribution in [1.29, 1.82) is 0 Å². The smallest absolute Gasteiger partial charge is 0.0250 e. The summed E-state index contributed by atoms with van der Waals surface area (Å²) in [5, 5.41) is 3.07. The van der Waals surface area contributed by atoms with E-state index in [1.807, 2.05) is 6.08 Å². The van der Waals surface area contributed by atoms with Crippen LogP contribution >= 0.6 is 0 Å². The topological polar surface area (TPSA) is 38.0 Å². The van der Waals surface area contributed by atoms with Gasteiger partial charge >= 0.3 is 0 Å². The minimum Gasteiger partial charge on any atom is -0.391 e. The third kappa shape index (κ3) is 4.19. The third-order valence-electron chi connectivity index (χ3n) is 2.14. The van der Waals surface area contributed by atoms with Gasteiger partial charge in [0.25, 0.3) is 0 Å². The quantitative estimate of drug-likeness (QED) is 0.448. The zero-order chi connectivity index (χ0) is 9.40. The van der Waals surface area contributed by atoms with Crippen LogP contribution in [0.15, 0.2) is 25.4 Å². The normalized spacial score (nSPS) is 14.8. The molecule has 0 amide bonds. The molecule has 0 aromatic rings. The van der Waals surface area contributed by atoms with E-state index in [1.165, 1.54) is 0 Å². The lowest BCUT2D eigenvalue weighted by Gasteiger charge is -2.19. The van der Waals surface area contributed by atoms with Crippen LogP contribution in [0.5, 0.6) is 0 Å². The van der Waals surface area contributed by atoms with E-state index < -0.39 is 0 Å². The molecule has 0 bridgehead atoms. The van der Waals surface area contributed by atoms with Crippen LogP contribution in [-0.4, -0.2) is 12.6 Å². The fraction of sp³-hybridized carbons (Fsp3) is 0.600. The van der Waals surface area contributed by atoms with Gasteiger partial charge in [0.2, 0.25) is 0 Å². The Bertz CT molecular complexity index is 132. The Labute approximate surface area is 75.5 Å². The molecule has 2 heteroatoms. The number of hydrogen-bond acceptors (Lipinski definition) is 2. The van der Waals surface area contributed by atoms with Gasteiger partial charge in [-0.25, -0.2) is 0 Å². The highest BCUT2D eigenvalue weighted by Gasteiger charge is 2.11. The average Bonchev–Trinajstić information content (AvgIpc) is 2.11. The molecular formula is C10H20N2. The summed E-state index contributed by atoms with van der Waals surface area (Å²) >= 11 is 0. The molecule has 70 valence electrons. The summed E-state index contributed by atoms with van der Waals surface area (Å²) in [5.74, 6) is 0.537. The lowest BCUT2D eigenvalue weighted by molar-refractivity contribution is 0.423. The Morgan fingerprint density at radius 1 is 1.50 bits per heavy atom. The van der Waals surface area contributed by atoms with Crippen LogP contribution in [0.25, 0.3) is 0 Å². The molecule has 0 heterocycles. The van der Waals surface area contributed by atoms with E-state index in [1.54, 1.807) is 6.20 Å². The molecule has 0 radical (unpaired) electrons. The molecule has 2 unspecified atom stereocenters.